The monoisotopic (exact) mass is 273 g/mol. The van der Waals surface area contributed by atoms with Crippen molar-refractivity contribution in [2.24, 2.45) is 0 Å². The van der Waals surface area contributed by atoms with Gasteiger partial charge in [0.1, 0.15) is 11.9 Å². The third kappa shape index (κ3) is 5.65. The standard InChI is InChI=1S/C13H17F2NO3/c1-9(18-2)12(17)16-8-7-10-3-5-11(6-4-10)19-13(14)15/h3-6,9,13H,7-8H2,1-2H3,(H,16,17). The smallest absolute Gasteiger partial charge is 0.387 e. The van der Waals surface area contributed by atoms with E-state index in [2.05, 4.69) is 10.1 Å². The predicted molar refractivity (Wildman–Crippen MR) is 66.3 cm³/mol. The maximum Gasteiger partial charge on any atom is 0.387 e. The summed E-state index contributed by atoms with van der Waals surface area (Å²) in [6.45, 7) is -0.700. The highest BCUT2D eigenvalue weighted by Crippen LogP contribution is 2.14. The van der Waals surface area contributed by atoms with Crippen LogP contribution in [-0.4, -0.2) is 32.3 Å². The minimum absolute atomic E-state index is 0.121. The van der Waals surface area contributed by atoms with Crippen LogP contribution < -0.4 is 10.1 Å². The van der Waals surface area contributed by atoms with Crippen molar-refractivity contribution >= 4 is 5.91 Å². The first-order valence-corrected chi connectivity index (χ1v) is 5.87. The van der Waals surface area contributed by atoms with Crippen LogP contribution in [0.15, 0.2) is 24.3 Å². The molecule has 1 unspecified atom stereocenters. The van der Waals surface area contributed by atoms with Gasteiger partial charge in [-0.25, -0.2) is 0 Å². The lowest BCUT2D eigenvalue weighted by molar-refractivity contribution is -0.129. The maximum atomic E-state index is 11.9. The quantitative estimate of drug-likeness (QED) is 0.826. The fourth-order valence-corrected chi connectivity index (χ4v) is 1.42. The van der Waals surface area contributed by atoms with Crippen LogP contribution >= 0.6 is 0 Å². The van der Waals surface area contributed by atoms with E-state index in [1.807, 2.05) is 0 Å². The van der Waals surface area contributed by atoms with Gasteiger partial charge in [-0.3, -0.25) is 4.79 Å². The molecule has 0 saturated heterocycles. The average Bonchev–Trinajstić information content (AvgIpc) is 2.39. The Hall–Kier alpha value is -1.69. The summed E-state index contributed by atoms with van der Waals surface area (Å²) in [5.41, 5.74) is 0.923. The van der Waals surface area contributed by atoms with Gasteiger partial charge in [-0.2, -0.15) is 8.78 Å². The van der Waals surface area contributed by atoms with Gasteiger partial charge >= 0.3 is 6.61 Å². The van der Waals surface area contributed by atoms with Crippen molar-refractivity contribution in [3.63, 3.8) is 0 Å². The Morgan fingerprint density at radius 1 is 1.32 bits per heavy atom. The highest BCUT2D eigenvalue weighted by molar-refractivity contribution is 5.80. The number of carbonyl (C=O) groups is 1. The van der Waals surface area contributed by atoms with E-state index < -0.39 is 12.7 Å². The number of alkyl halides is 2. The van der Waals surface area contributed by atoms with Crippen molar-refractivity contribution < 1.29 is 23.0 Å². The summed E-state index contributed by atoms with van der Waals surface area (Å²) in [5, 5.41) is 2.71. The minimum Gasteiger partial charge on any atom is -0.435 e. The summed E-state index contributed by atoms with van der Waals surface area (Å²) < 4.78 is 33.0. The van der Waals surface area contributed by atoms with Gasteiger partial charge in [0.05, 0.1) is 0 Å². The highest BCUT2D eigenvalue weighted by Gasteiger charge is 2.10. The molecule has 0 radical (unpaired) electrons. The van der Waals surface area contributed by atoms with Crippen molar-refractivity contribution in [2.45, 2.75) is 26.1 Å². The number of rotatable bonds is 7. The molecule has 1 amide bonds. The molecule has 0 spiro atoms. The van der Waals surface area contributed by atoms with E-state index >= 15 is 0 Å². The predicted octanol–water partition coefficient (Wildman–Crippen LogP) is 1.98. The summed E-state index contributed by atoms with van der Waals surface area (Å²) >= 11 is 0. The van der Waals surface area contributed by atoms with Gasteiger partial charge in [0.15, 0.2) is 0 Å². The molecular formula is C13H17F2NO3. The number of benzene rings is 1. The lowest BCUT2D eigenvalue weighted by Crippen LogP contribution is -2.35. The molecule has 1 rings (SSSR count). The number of carbonyl (C=O) groups excluding carboxylic acids is 1. The van der Waals surface area contributed by atoms with Gasteiger partial charge in [-0.15, -0.1) is 0 Å². The molecule has 1 aromatic carbocycles. The Morgan fingerprint density at radius 3 is 2.47 bits per heavy atom. The van der Waals surface area contributed by atoms with E-state index in [9.17, 15) is 13.6 Å². The molecule has 0 saturated carbocycles. The molecule has 1 aromatic rings. The number of amides is 1. The topological polar surface area (TPSA) is 47.6 Å². The van der Waals surface area contributed by atoms with Crippen LogP contribution in [0.25, 0.3) is 0 Å². The fourth-order valence-electron chi connectivity index (χ4n) is 1.42. The molecule has 6 heteroatoms. The highest BCUT2D eigenvalue weighted by atomic mass is 19.3. The van der Waals surface area contributed by atoms with Crippen molar-refractivity contribution in [3.8, 4) is 5.75 Å². The molecule has 106 valence electrons. The largest absolute Gasteiger partial charge is 0.435 e. The summed E-state index contributed by atoms with van der Waals surface area (Å²) in [5.74, 6) is -0.0593. The summed E-state index contributed by atoms with van der Waals surface area (Å²) in [4.78, 5) is 11.4. The van der Waals surface area contributed by atoms with Gasteiger partial charge in [0.2, 0.25) is 5.91 Å². The van der Waals surface area contributed by atoms with Crippen LogP contribution in [-0.2, 0) is 16.0 Å². The molecule has 0 bridgehead atoms. The summed E-state index contributed by atoms with van der Waals surface area (Å²) in [6, 6.07) is 6.31. The first-order chi connectivity index (χ1) is 9.02. The van der Waals surface area contributed by atoms with Crippen LogP contribution in [0.4, 0.5) is 8.78 Å². The zero-order valence-corrected chi connectivity index (χ0v) is 10.9. The van der Waals surface area contributed by atoms with Crippen molar-refractivity contribution in [1.82, 2.24) is 5.32 Å². The molecule has 0 aliphatic heterocycles. The lowest BCUT2D eigenvalue weighted by Gasteiger charge is -2.10. The van der Waals surface area contributed by atoms with Crippen molar-refractivity contribution in [3.05, 3.63) is 29.8 Å². The second-order valence-corrected chi connectivity index (χ2v) is 3.94. The van der Waals surface area contributed by atoms with Gasteiger partial charge < -0.3 is 14.8 Å². The molecule has 4 nitrogen and oxygen atoms in total. The number of halogens is 2. The molecule has 0 fully saturated rings. The van der Waals surface area contributed by atoms with E-state index in [4.69, 9.17) is 4.74 Å². The van der Waals surface area contributed by atoms with E-state index in [0.29, 0.717) is 13.0 Å². The lowest BCUT2D eigenvalue weighted by atomic mass is 10.1. The molecule has 1 atom stereocenters. The van der Waals surface area contributed by atoms with Crippen molar-refractivity contribution in [2.75, 3.05) is 13.7 Å². The Labute approximate surface area is 110 Å². The van der Waals surface area contributed by atoms with Crippen LogP contribution in [0, 0.1) is 0 Å². The van der Waals surface area contributed by atoms with Crippen LogP contribution in [0.2, 0.25) is 0 Å². The van der Waals surface area contributed by atoms with E-state index in [1.54, 1.807) is 19.1 Å². The third-order valence-electron chi connectivity index (χ3n) is 2.58. The van der Waals surface area contributed by atoms with E-state index in [-0.39, 0.29) is 11.7 Å². The first kappa shape index (κ1) is 15.4. The Kier molecular flexibility index (Phi) is 6.21. The zero-order chi connectivity index (χ0) is 14.3. The van der Waals surface area contributed by atoms with Crippen molar-refractivity contribution in [1.29, 1.82) is 0 Å². The fraction of sp³-hybridized carbons (Fsp3) is 0.462. The average molecular weight is 273 g/mol. The number of nitrogens with one attached hydrogen (secondary N) is 1. The number of methoxy groups -OCH3 is 1. The Balaban J connectivity index is 2.36. The number of ether oxygens (including phenoxy) is 2. The molecule has 0 aliphatic rings. The van der Waals surface area contributed by atoms with Crippen LogP contribution in [0.5, 0.6) is 5.75 Å². The van der Waals surface area contributed by atoms with Crippen LogP contribution in [0.3, 0.4) is 0 Å². The van der Waals surface area contributed by atoms with E-state index in [1.165, 1.54) is 19.2 Å². The molecule has 0 aromatic heterocycles. The van der Waals surface area contributed by atoms with Gasteiger partial charge in [-0.05, 0) is 31.0 Å². The first-order valence-electron chi connectivity index (χ1n) is 5.87. The number of hydrogen-bond donors (Lipinski definition) is 1. The minimum atomic E-state index is -2.82. The molecule has 19 heavy (non-hydrogen) atoms. The number of hydrogen-bond acceptors (Lipinski definition) is 3. The zero-order valence-electron chi connectivity index (χ0n) is 10.9. The normalized spacial score (nSPS) is 12.3. The summed E-state index contributed by atoms with van der Waals surface area (Å²) in [6.07, 6.45) is 0.124. The molecular weight excluding hydrogens is 256 g/mol. The van der Waals surface area contributed by atoms with Gasteiger partial charge in [0.25, 0.3) is 0 Å². The third-order valence-corrected chi connectivity index (χ3v) is 2.58. The van der Waals surface area contributed by atoms with Gasteiger partial charge in [-0.1, -0.05) is 12.1 Å². The molecule has 0 heterocycles. The molecule has 1 N–H and O–H groups in total. The summed E-state index contributed by atoms with van der Waals surface area (Å²) in [7, 11) is 1.46. The second-order valence-electron chi connectivity index (χ2n) is 3.94. The van der Waals surface area contributed by atoms with Gasteiger partial charge in [0, 0.05) is 13.7 Å². The maximum absolute atomic E-state index is 11.9. The SMILES string of the molecule is COC(C)C(=O)NCCc1ccc(OC(F)F)cc1. The molecule has 0 aliphatic carbocycles. The Morgan fingerprint density at radius 2 is 1.95 bits per heavy atom. The van der Waals surface area contributed by atoms with E-state index in [0.717, 1.165) is 5.56 Å². The second kappa shape index (κ2) is 7.68. The Bertz CT molecular complexity index is 395. The van der Waals surface area contributed by atoms with Crippen LogP contribution in [0.1, 0.15) is 12.5 Å².